The molecule has 1 aromatic heterocycles. The number of methoxy groups -OCH3 is 1. The number of pyridine rings is 1. The summed E-state index contributed by atoms with van der Waals surface area (Å²) in [6, 6.07) is 6.48. The van der Waals surface area contributed by atoms with Crippen LogP contribution in [-0.2, 0) is 23.7 Å². The third-order valence-corrected chi connectivity index (χ3v) is 11.6. The SMILES string of the molecule is CCC(C1CCC[Si](OC)(OC)C1(CC)OC)S(=O)(=O)O.c1ccncc1. The van der Waals surface area contributed by atoms with E-state index in [1.165, 1.54) is 0 Å². The topological polar surface area (TPSA) is 95.0 Å². The average molecular weight is 420 g/mol. The molecule has 7 nitrogen and oxygen atoms in total. The molecule has 1 saturated heterocycles. The summed E-state index contributed by atoms with van der Waals surface area (Å²) in [6.45, 7) is 3.73. The quantitative estimate of drug-likeness (QED) is 0.535. The summed E-state index contributed by atoms with van der Waals surface area (Å²) in [5, 5.41) is -1.62. The third-order valence-electron chi connectivity index (χ3n) is 5.61. The molecule has 2 heterocycles. The van der Waals surface area contributed by atoms with Crippen LogP contribution in [0.15, 0.2) is 30.6 Å². The Labute approximate surface area is 164 Å². The molecule has 1 fully saturated rings. The fourth-order valence-electron chi connectivity index (χ4n) is 4.40. The largest absolute Gasteiger partial charge is 0.396 e. The van der Waals surface area contributed by atoms with Crippen LogP contribution in [0.2, 0.25) is 6.04 Å². The van der Waals surface area contributed by atoms with Crippen molar-refractivity contribution in [2.75, 3.05) is 21.3 Å². The Morgan fingerprint density at radius 3 is 2.07 bits per heavy atom. The molecule has 1 aliphatic heterocycles. The number of rotatable bonds is 7. The van der Waals surface area contributed by atoms with Gasteiger partial charge in [0.25, 0.3) is 10.1 Å². The van der Waals surface area contributed by atoms with Crippen LogP contribution in [0.1, 0.15) is 39.5 Å². The summed E-state index contributed by atoms with van der Waals surface area (Å²) < 4.78 is 50.6. The smallest absolute Gasteiger partial charge is 0.371 e. The molecular formula is C18H33NO6SSi. The molecule has 0 bridgehead atoms. The van der Waals surface area contributed by atoms with Gasteiger partial charge in [0.15, 0.2) is 0 Å². The Morgan fingerprint density at radius 2 is 1.78 bits per heavy atom. The molecule has 1 N–H and O–H groups in total. The van der Waals surface area contributed by atoms with Crippen molar-refractivity contribution in [3.8, 4) is 0 Å². The Balaban J connectivity index is 0.000000511. The zero-order valence-electron chi connectivity index (χ0n) is 16.9. The molecule has 156 valence electrons. The third kappa shape index (κ3) is 5.15. The zero-order chi connectivity index (χ0) is 20.6. The van der Waals surface area contributed by atoms with E-state index in [9.17, 15) is 13.0 Å². The van der Waals surface area contributed by atoms with Crippen molar-refractivity contribution >= 4 is 18.7 Å². The van der Waals surface area contributed by atoms with Crippen LogP contribution < -0.4 is 0 Å². The summed E-state index contributed by atoms with van der Waals surface area (Å²) in [4.78, 5) is 3.78. The van der Waals surface area contributed by atoms with Gasteiger partial charge in [-0.2, -0.15) is 8.42 Å². The monoisotopic (exact) mass is 419 g/mol. The summed E-state index contributed by atoms with van der Waals surface area (Å²) in [6.07, 6.45) is 5.93. The first-order valence-corrected chi connectivity index (χ1v) is 12.8. The van der Waals surface area contributed by atoms with E-state index in [-0.39, 0.29) is 5.92 Å². The maximum atomic E-state index is 11.8. The van der Waals surface area contributed by atoms with Crippen LogP contribution in [0.25, 0.3) is 0 Å². The van der Waals surface area contributed by atoms with E-state index in [1.807, 2.05) is 25.1 Å². The highest BCUT2D eigenvalue weighted by Gasteiger charge is 2.64. The molecule has 0 spiro atoms. The molecule has 3 atom stereocenters. The van der Waals surface area contributed by atoms with Crippen molar-refractivity contribution in [2.45, 2.75) is 56.0 Å². The Hall–Kier alpha value is -0.843. The minimum absolute atomic E-state index is 0.326. The normalized spacial score (nSPS) is 25.9. The van der Waals surface area contributed by atoms with Gasteiger partial charge >= 0.3 is 8.56 Å². The lowest BCUT2D eigenvalue weighted by molar-refractivity contribution is -0.0521. The number of nitrogens with zero attached hydrogens (tertiary/aromatic N) is 1. The van der Waals surface area contributed by atoms with Gasteiger partial charge in [-0.1, -0.05) is 26.3 Å². The first-order valence-electron chi connectivity index (χ1n) is 9.25. The highest BCUT2D eigenvalue weighted by molar-refractivity contribution is 7.86. The second-order valence-electron chi connectivity index (χ2n) is 6.59. The van der Waals surface area contributed by atoms with Crippen LogP contribution >= 0.6 is 0 Å². The molecule has 0 aliphatic carbocycles. The molecule has 1 aliphatic rings. The van der Waals surface area contributed by atoms with E-state index in [0.717, 1.165) is 12.5 Å². The van der Waals surface area contributed by atoms with Gasteiger partial charge in [0.2, 0.25) is 0 Å². The van der Waals surface area contributed by atoms with E-state index in [1.54, 1.807) is 40.6 Å². The van der Waals surface area contributed by atoms with E-state index in [4.69, 9.17) is 13.6 Å². The molecule has 0 aromatic carbocycles. The second kappa shape index (κ2) is 10.6. The van der Waals surface area contributed by atoms with Gasteiger partial charge in [-0.3, -0.25) is 9.54 Å². The summed E-state index contributed by atoms with van der Waals surface area (Å²) in [5.41, 5.74) is 0. The van der Waals surface area contributed by atoms with Crippen molar-refractivity contribution in [3.05, 3.63) is 30.6 Å². The highest BCUT2D eigenvalue weighted by Crippen LogP contribution is 2.48. The van der Waals surface area contributed by atoms with E-state index in [0.29, 0.717) is 19.3 Å². The van der Waals surface area contributed by atoms with E-state index < -0.39 is 29.2 Å². The van der Waals surface area contributed by atoms with Crippen molar-refractivity contribution in [2.24, 2.45) is 5.92 Å². The van der Waals surface area contributed by atoms with Crippen LogP contribution in [0.4, 0.5) is 0 Å². The molecule has 0 saturated carbocycles. The average Bonchev–Trinajstić information content (AvgIpc) is 2.69. The van der Waals surface area contributed by atoms with Crippen LogP contribution in [-0.4, -0.2) is 58.3 Å². The molecule has 0 radical (unpaired) electrons. The van der Waals surface area contributed by atoms with Crippen molar-refractivity contribution < 1.29 is 26.6 Å². The predicted octanol–water partition coefficient (Wildman–Crippen LogP) is 3.21. The summed E-state index contributed by atoms with van der Waals surface area (Å²) >= 11 is 0. The van der Waals surface area contributed by atoms with Crippen molar-refractivity contribution in [1.82, 2.24) is 4.98 Å². The van der Waals surface area contributed by atoms with Gasteiger partial charge in [0, 0.05) is 39.6 Å². The van der Waals surface area contributed by atoms with E-state index >= 15 is 0 Å². The minimum atomic E-state index is -4.14. The van der Waals surface area contributed by atoms with Crippen LogP contribution in [0.5, 0.6) is 0 Å². The van der Waals surface area contributed by atoms with Crippen LogP contribution in [0.3, 0.4) is 0 Å². The van der Waals surface area contributed by atoms with E-state index in [2.05, 4.69) is 4.98 Å². The molecule has 2 rings (SSSR count). The second-order valence-corrected chi connectivity index (χ2v) is 11.9. The Bertz CT molecular complexity index is 608. The zero-order valence-corrected chi connectivity index (χ0v) is 18.7. The van der Waals surface area contributed by atoms with Crippen molar-refractivity contribution in [1.29, 1.82) is 0 Å². The Kier molecular flexibility index (Phi) is 9.53. The lowest BCUT2D eigenvalue weighted by Gasteiger charge is -2.53. The first-order chi connectivity index (χ1) is 12.8. The van der Waals surface area contributed by atoms with Crippen molar-refractivity contribution in [3.63, 3.8) is 0 Å². The lowest BCUT2D eigenvalue weighted by Crippen LogP contribution is -2.70. The maximum absolute atomic E-state index is 11.8. The number of hydrogen-bond acceptors (Lipinski definition) is 6. The van der Waals surface area contributed by atoms with Gasteiger partial charge in [0.05, 0.1) is 5.25 Å². The Morgan fingerprint density at radius 1 is 1.19 bits per heavy atom. The number of ether oxygens (including phenoxy) is 1. The van der Waals surface area contributed by atoms with Gasteiger partial charge in [-0.25, -0.2) is 0 Å². The minimum Gasteiger partial charge on any atom is -0.396 e. The lowest BCUT2D eigenvalue weighted by atomic mass is 9.88. The summed E-state index contributed by atoms with van der Waals surface area (Å²) in [7, 11) is -2.07. The van der Waals surface area contributed by atoms with Gasteiger partial charge < -0.3 is 13.6 Å². The molecule has 3 unspecified atom stereocenters. The fourth-order valence-corrected chi connectivity index (χ4v) is 9.83. The maximum Gasteiger partial charge on any atom is 0.371 e. The molecule has 1 aromatic rings. The molecule has 9 heteroatoms. The predicted molar refractivity (Wildman–Crippen MR) is 107 cm³/mol. The summed E-state index contributed by atoms with van der Waals surface area (Å²) in [5.74, 6) is -0.326. The molecular weight excluding hydrogens is 386 g/mol. The van der Waals surface area contributed by atoms with Gasteiger partial charge in [-0.05, 0) is 37.4 Å². The van der Waals surface area contributed by atoms with Crippen LogP contribution in [0, 0.1) is 5.92 Å². The standard InChI is InChI=1S/C13H28O6SSi.C5H5N/c1-6-12(20(14,15)16)11-9-8-10-21(18-4,19-5)13(11,7-2)17-3;1-2-4-6-5-3-1/h11-12H,6-10H2,1-5H3,(H,14,15,16);1-5H. The fraction of sp³-hybridized carbons (Fsp3) is 0.722. The number of hydrogen-bond donors (Lipinski definition) is 1. The first kappa shape index (κ1) is 24.2. The highest BCUT2D eigenvalue weighted by atomic mass is 32.2. The molecule has 27 heavy (non-hydrogen) atoms. The number of aromatic nitrogens is 1. The van der Waals surface area contributed by atoms with Gasteiger partial charge in [0.1, 0.15) is 5.22 Å². The van der Waals surface area contributed by atoms with Gasteiger partial charge in [-0.15, -0.1) is 0 Å². The molecule has 0 amide bonds.